The van der Waals surface area contributed by atoms with Crippen molar-refractivity contribution in [1.29, 1.82) is 0 Å². The summed E-state index contributed by atoms with van der Waals surface area (Å²) >= 11 is 0. The molecule has 0 unspecified atom stereocenters. The molecule has 0 radical (unpaired) electrons. The van der Waals surface area contributed by atoms with Crippen molar-refractivity contribution in [2.24, 2.45) is 0 Å². The summed E-state index contributed by atoms with van der Waals surface area (Å²) in [6.45, 7) is 0. The summed E-state index contributed by atoms with van der Waals surface area (Å²) in [6, 6.07) is 65.9. The molecule has 0 spiro atoms. The first-order valence-corrected chi connectivity index (χ1v) is 17.7. The molecule has 2 nitrogen and oxygen atoms in total. The minimum Gasteiger partial charge on any atom is -0.313 e. The molecule has 1 aliphatic rings. The van der Waals surface area contributed by atoms with Crippen molar-refractivity contribution in [1.82, 2.24) is 4.57 Å². The number of anilines is 3. The number of hydrogen-bond acceptors (Lipinski definition) is 1. The van der Waals surface area contributed by atoms with E-state index < -0.39 is 0 Å². The van der Waals surface area contributed by atoms with Crippen molar-refractivity contribution in [2.75, 3.05) is 4.90 Å². The average molecular weight is 643 g/mol. The largest absolute Gasteiger partial charge is 0.313 e. The maximum Gasteiger partial charge on any atom is 0.0534 e. The van der Waals surface area contributed by atoms with Gasteiger partial charge in [0.2, 0.25) is 0 Å². The maximum atomic E-state index is 2.51. The van der Waals surface area contributed by atoms with Gasteiger partial charge in [-0.25, -0.2) is 0 Å². The van der Waals surface area contributed by atoms with E-state index in [4.69, 9.17) is 0 Å². The molecule has 0 fully saturated rings. The zero-order valence-corrected chi connectivity index (χ0v) is 28.0. The highest BCUT2D eigenvalue weighted by atomic mass is 15.1. The lowest BCUT2D eigenvalue weighted by Crippen LogP contribution is -2.09. The third-order valence-electron chi connectivity index (χ3n) is 10.2. The minimum absolute atomic E-state index is 1.13. The Balaban J connectivity index is 0.996. The first-order chi connectivity index (χ1) is 24.8. The van der Waals surface area contributed by atoms with Gasteiger partial charge >= 0.3 is 0 Å². The Bertz CT molecular complexity index is 2390. The lowest BCUT2D eigenvalue weighted by atomic mass is 9.95. The van der Waals surface area contributed by atoms with Crippen LogP contribution in [0.15, 0.2) is 182 Å². The topological polar surface area (TPSA) is 8.17 Å². The number of aryl methyl sites for hydroxylation is 1. The second-order valence-electron chi connectivity index (χ2n) is 13.2. The first-order valence-electron chi connectivity index (χ1n) is 17.7. The summed E-state index contributed by atoms with van der Waals surface area (Å²) in [4.78, 5) is 2.32. The molecule has 2 heteroatoms. The van der Waals surface area contributed by atoms with Gasteiger partial charge in [0.1, 0.15) is 0 Å². The van der Waals surface area contributed by atoms with Crippen LogP contribution in [0, 0.1) is 0 Å². The van der Waals surface area contributed by atoms with Gasteiger partial charge in [0.05, 0.1) is 5.52 Å². The quantitative estimate of drug-likeness (QED) is 0.168. The number of benzene rings is 7. The highest BCUT2D eigenvalue weighted by Gasteiger charge is 2.21. The molecule has 1 aliphatic carbocycles. The molecule has 0 atom stereocenters. The van der Waals surface area contributed by atoms with Crippen LogP contribution in [0.25, 0.3) is 50.0 Å². The standard InChI is InChI=1S/C48H38N2/c1-3-12-35(13-4-1)37-26-30-42(31-27-37)49(41-15-5-2-6-16-41)43-32-28-38(29-33-43)36-22-24-39(25-23-36)40-14-11-17-44(34-40)50-47-20-9-7-18-45(47)46-19-8-10-21-48(46)50/h1-7,9,11-18,20,22-34H,8,10,19,21H2. The minimum atomic E-state index is 1.13. The van der Waals surface area contributed by atoms with Crippen LogP contribution in [-0.4, -0.2) is 4.57 Å². The SMILES string of the molecule is c1ccc(-c2ccc(N(c3ccccc3)c3ccc(-c4ccc(-c5cccc(-n6c7c(c8ccccc86)CCCC7)c5)cc4)cc3)cc2)cc1. The van der Waals surface area contributed by atoms with Crippen molar-refractivity contribution in [3.8, 4) is 39.1 Å². The molecule has 0 bridgehead atoms. The van der Waals surface area contributed by atoms with Crippen LogP contribution in [0.2, 0.25) is 0 Å². The third kappa shape index (κ3) is 5.59. The van der Waals surface area contributed by atoms with Crippen molar-refractivity contribution in [3.05, 3.63) is 193 Å². The van der Waals surface area contributed by atoms with Crippen LogP contribution < -0.4 is 4.90 Å². The van der Waals surface area contributed by atoms with E-state index >= 15 is 0 Å². The van der Waals surface area contributed by atoms with Crippen molar-refractivity contribution in [2.45, 2.75) is 25.7 Å². The second kappa shape index (κ2) is 13.1. The maximum absolute atomic E-state index is 2.51. The van der Waals surface area contributed by atoms with E-state index in [2.05, 4.69) is 191 Å². The van der Waals surface area contributed by atoms with Crippen LogP contribution in [-0.2, 0) is 12.8 Å². The summed E-state index contributed by atoms with van der Waals surface area (Å²) in [5.41, 5.74) is 16.3. The molecule has 0 saturated heterocycles. The predicted molar refractivity (Wildman–Crippen MR) is 211 cm³/mol. The summed E-state index contributed by atoms with van der Waals surface area (Å²) in [5, 5.41) is 1.41. The summed E-state index contributed by atoms with van der Waals surface area (Å²) in [7, 11) is 0. The molecule has 1 heterocycles. The molecule has 0 aliphatic heterocycles. The van der Waals surface area contributed by atoms with Gasteiger partial charge in [0, 0.05) is 33.8 Å². The monoisotopic (exact) mass is 642 g/mol. The van der Waals surface area contributed by atoms with Crippen molar-refractivity contribution < 1.29 is 0 Å². The van der Waals surface area contributed by atoms with Crippen LogP contribution >= 0.6 is 0 Å². The molecule has 0 N–H and O–H groups in total. The highest BCUT2D eigenvalue weighted by Crippen LogP contribution is 2.38. The molecule has 7 aromatic carbocycles. The van der Waals surface area contributed by atoms with E-state index in [1.54, 1.807) is 5.56 Å². The Morgan fingerprint density at radius 2 is 0.860 bits per heavy atom. The second-order valence-corrected chi connectivity index (χ2v) is 13.2. The molecule has 8 aromatic rings. The number of fused-ring (bicyclic) bond motifs is 3. The Hall–Kier alpha value is -6.12. The predicted octanol–water partition coefficient (Wildman–Crippen LogP) is 13.0. The van der Waals surface area contributed by atoms with Crippen molar-refractivity contribution >= 4 is 28.0 Å². The summed E-state index contributed by atoms with van der Waals surface area (Å²) < 4.78 is 2.51. The number of nitrogens with zero attached hydrogens (tertiary/aromatic N) is 2. The van der Waals surface area contributed by atoms with E-state index in [1.807, 2.05) is 0 Å². The Morgan fingerprint density at radius 3 is 1.52 bits per heavy atom. The van der Waals surface area contributed by atoms with Crippen LogP contribution in [0.3, 0.4) is 0 Å². The zero-order valence-electron chi connectivity index (χ0n) is 28.0. The van der Waals surface area contributed by atoms with Crippen LogP contribution in [0.4, 0.5) is 17.1 Å². The van der Waals surface area contributed by atoms with E-state index in [0.717, 1.165) is 23.5 Å². The molecule has 0 amide bonds. The van der Waals surface area contributed by atoms with Gasteiger partial charge < -0.3 is 9.47 Å². The van der Waals surface area contributed by atoms with E-state index in [9.17, 15) is 0 Å². The molecule has 50 heavy (non-hydrogen) atoms. The number of rotatable bonds is 7. The Labute approximate surface area is 294 Å². The van der Waals surface area contributed by atoms with Crippen LogP contribution in [0.1, 0.15) is 24.1 Å². The molecular weight excluding hydrogens is 605 g/mol. The third-order valence-corrected chi connectivity index (χ3v) is 10.2. The fourth-order valence-electron chi connectivity index (χ4n) is 7.73. The fraction of sp³-hybridized carbons (Fsp3) is 0.0833. The van der Waals surface area contributed by atoms with Gasteiger partial charge in [-0.2, -0.15) is 0 Å². The normalized spacial score (nSPS) is 12.5. The van der Waals surface area contributed by atoms with Crippen molar-refractivity contribution in [3.63, 3.8) is 0 Å². The van der Waals surface area contributed by atoms with Gasteiger partial charge in [-0.15, -0.1) is 0 Å². The molecule has 0 saturated carbocycles. The summed E-state index contributed by atoms with van der Waals surface area (Å²) in [5.74, 6) is 0. The van der Waals surface area contributed by atoms with E-state index in [-0.39, 0.29) is 0 Å². The highest BCUT2D eigenvalue weighted by molar-refractivity contribution is 5.88. The molecule has 9 rings (SSSR count). The van der Waals surface area contributed by atoms with E-state index in [1.165, 1.54) is 74.9 Å². The van der Waals surface area contributed by atoms with Gasteiger partial charge in [0.25, 0.3) is 0 Å². The van der Waals surface area contributed by atoms with Gasteiger partial charge in [-0.3, -0.25) is 0 Å². The molecule has 240 valence electrons. The average Bonchev–Trinajstić information content (AvgIpc) is 3.54. The van der Waals surface area contributed by atoms with Crippen LogP contribution in [0.5, 0.6) is 0 Å². The lowest BCUT2D eigenvalue weighted by molar-refractivity contribution is 0.667. The van der Waals surface area contributed by atoms with E-state index in [0.29, 0.717) is 0 Å². The molecular formula is C48H38N2. The molecule has 1 aromatic heterocycles. The fourth-order valence-corrected chi connectivity index (χ4v) is 7.73. The number of para-hydroxylation sites is 2. The smallest absolute Gasteiger partial charge is 0.0534 e. The van der Waals surface area contributed by atoms with Gasteiger partial charge in [0.15, 0.2) is 0 Å². The Kier molecular flexibility index (Phi) is 7.83. The van der Waals surface area contributed by atoms with Gasteiger partial charge in [-0.1, -0.05) is 127 Å². The number of aromatic nitrogens is 1. The Morgan fingerprint density at radius 1 is 0.380 bits per heavy atom. The number of hydrogen-bond donors (Lipinski definition) is 0. The first kappa shape index (κ1) is 30.0. The zero-order chi connectivity index (χ0) is 33.3. The van der Waals surface area contributed by atoms with Gasteiger partial charge in [-0.05, 0) is 119 Å². The lowest BCUT2D eigenvalue weighted by Gasteiger charge is -2.26. The summed E-state index contributed by atoms with van der Waals surface area (Å²) in [6.07, 6.45) is 4.87.